The number of aromatic nitrogens is 1. The number of halogens is 1. The van der Waals surface area contributed by atoms with Crippen LogP contribution in [0.3, 0.4) is 0 Å². The number of aromatic hydroxyl groups is 1. The summed E-state index contributed by atoms with van der Waals surface area (Å²) in [5.41, 5.74) is 1.15. The summed E-state index contributed by atoms with van der Waals surface area (Å²) in [5, 5.41) is 15.3. The number of hydrogen-bond donors (Lipinski definition) is 2. The first-order chi connectivity index (χ1) is 16.3. The van der Waals surface area contributed by atoms with Gasteiger partial charge in [0.15, 0.2) is 17.2 Å². The highest BCUT2D eigenvalue weighted by molar-refractivity contribution is 7.17. The summed E-state index contributed by atoms with van der Waals surface area (Å²) >= 11 is 1.23. The Balaban J connectivity index is 1.59. The number of amides is 1. The summed E-state index contributed by atoms with van der Waals surface area (Å²) in [7, 11) is 2.94. The van der Waals surface area contributed by atoms with E-state index in [1.165, 1.54) is 50.7 Å². The lowest BCUT2D eigenvalue weighted by atomic mass is 10.1. The van der Waals surface area contributed by atoms with Gasteiger partial charge in [-0.3, -0.25) is 9.59 Å². The molecule has 1 amide bonds. The van der Waals surface area contributed by atoms with Crippen LogP contribution in [0.2, 0.25) is 0 Å². The molecule has 0 saturated heterocycles. The van der Waals surface area contributed by atoms with Crippen LogP contribution in [-0.2, 0) is 0 Å². The zero-order valence-electron chi connectivity index (χ0n) is 18.6. The third-order valence-corrected chi connectivity index (χ3v) is 6.33. The predicted octanol–water partition coefficient (Wildman–Crippen LogP) is 4.83. The molecule has 2 N–H and O–H groups in total. The number of hydrogen-bond acceptors (Lipinski definition) is 7. The van der Waals surface area contributed by atoms with Crippen molar-refractivity contribution in [3.8, 4) is 28.5 Å². The summed E-state index contributed by atoms with van der Waals surface area (Å²) in [4.78, 5) is 30.1. The molecule has 0 fully saturated rings. The molecular formula is C25H21FN2O5S. The first kappa shape index (κ1) is 23.2. The molecular weight excluding hydrogens is 459 g/mol. The molecule has 9 heteroatoms. The van der Waals surface area contributed by atoms with Crippen molar-refractivity contribution >= 4 is 33.1 Å². The molecule has 4 aromatic rings. The number of nitrogens with one attached hydrogen (secondary N) is 1. The molecule has 0 saturated carbocycles. The Morgan fingerprint density at radius 2 is 1.85 bits per heavy atom. The largest absolute Gasteiger partial charge is 0.506 e. The SMILES string of the molecule is COc1ccc(C(=O)NC(C)C(=O)c2nc(-c3csc4c(F)cccc34)ccc2O)cc1OC. The summed E-state index contributed by atoms with van der Waals surface area (Å²) in [5.74, 6) is -0.881. The van der Waals surface area contributed by atoms with Crippen LogP contribution < -0.4 is 14.8 Å². The van der Waals surface area contributed by atoms with Gasteiger partial charge in [0.1, 0.15) is 11.6 Å². The second kappa shape index (κ2) is 9.48. The van der Waals surface area contributed by atoms with Crippen LogP contribution in [0.25, 0.3) is 21.3 Å². The van der Waals surface area contributed by atoms with E-state index in [1.807, 2.05) is 0 Å². The highest BCUT2D eigenvalue weighted by Gasteiger charge is 2.24. The van der Waals surface area contributed by atoms with Crippen molar-refractivity contribution in [1.29, 1.82) is 0 Å². The summed E-state index contributed by atoms with van der Waals surface area (Å²) in [6.45, 7) is 1.50. The maximum absolute atomic E-state index is 14.1. The van der Waals surface area contributed by atoms with Gasteiger partial charge >= 0.3 is 0 Å². The Labute approximate surface area is 198 Å². The molecule has 1 unspecified atom stereocenters. The van der Waals surface area contributed by atoms with Gasteiger partial charge in [0, 0.05) is 21.9 Å². The third kappa shape index (κ3) is 4.29. The van der Waals surface area contributed by atoms with E-state index >= 15 is 0 Å². The molecule has 4 rings (SSSR count). The summed E-state index contributed by atoms with van der Waals surface area (Å²) < 4.78 is 25.0. The average molecular weight is 481 g/mol. The van der Waals surface area contributed by atoms with E-state index in [0.29, 0.717) is 32.8 Å². The lowest BCUT2D eigenvalue weighted by Crippen LogP contribution is -2.39. The first-order valence-electron chi connectivity index (χ1n) is 10.3. The quantitative estimate of drug-likeness (QED) is 0.368. The number of thiophene rings is 1. The van der Waals surface area contributed by atoms with Crippen LogP contribution in [0.1, 0.15) is 27.8 Å². The van der Waals surface area contributed by atoms with Crippen molar-refractivity contribution < 1.29 is 28.6 Å². The van der Waals surface area contributed by atoms with Gasteiger partial charge in [0.25, 0.3) is 5.91 Å². The number of carbonyl (C=O) groups excluding carboxylic acids is 2. The fraction of sp³-hybridized carbons (Fsp3) is 0.160. The number of nitrogens with zero attached hydrogens (tertiary/aromatic N) is 1. The van der Waals surface area contributed by atoms with Gasteiger partial charge in [-0.25, -0.2) is 9.37 Å². The molecule has 0 aliphatic rings. The number of fused-ring (bicyclic) bond motifs is 1. The lowest BCUT2D eigenvalue weighted by Gasteiger charge is -2.15. The highest BCUT2D eigenvalue weighted by atomic mass is 32.1. The normalized spacial score (nSPS) is 11.8. The molecule has 0 radical (unpaired) electrons. The van der Waals surface area contributed by atoms with Crippen molar-refractivity contribution in [2.45, 2.75) is 13.0 Å². The predicted molar refractivity (Wildman–Crippen MR) is 127 cm³/mol. The minimum absolute atomic E-state index is 0.187. The second-order valence-electron chi connectivity index (χ2n) is 7.46. The maximum Gasteiger partial charge on any atom is 0.252 e. The standard InChI is InChI=1S/C25H21FN2O5S/c1-13(27-25(31)14-7-10-20(32-2)21(11-14)33-3)23(30)22-19(29)9-8-18(28-22)16-12-34-24-15(16)5-4-6-17(24)26/h4-13,29H,1-3H3,(H,27,31). The van der Waals surface area contributed by atoms with Gasteiger partial charge in [0.05, 0.1) is 30.7 Å². The van der Waals surface area contributed by atoms with E-state index in [1.54, 1.807) is 35.7 Å². The second-order valence-corrected chi connectivity index (χ2v) is 8.34. The number of Topliss-reactive ketones (excluding diaryl/α,β-unsaturated/α-hetero) is 1. The van der Waals surface area contributed by atoms with Crippen LogP contribution in [-0.4, -0.2) is 42.0 Å². The van der Waals surface area contributed by atoms with Gasteiger partial charge in [-0.1, -0.05) is 12.1 Å². The van der Waals surface area contributed by atoms with Crippen LogP contribution in [0.4, 0.5) is 4.39 Å². The van der Waals surface area contributed by atoms with Crippen LogP contribution in [0, 0.1) is 5.82 Å². The molecule has 2 aromatic heterocycles. The van der Waals surface area contributed by atoms with Crippen molar-refractivity contribution in [2.75, 3.05) is 14.2 Å². The highest BCUT2D eigenvalue weighted by Crippen LogP contribution is 2.35. The average Bonchev–Trinajstić information content (AvgIpc) is 3.29. The minimum atomic E-state index is -0.981. The van der Waals surface area contributed by atoms with Gasteiger partial charge in [-0.05, 0) is 43.3 Å². The van der Waals surface area contributed by atoms with Crippen molar-refractivity contribution in [2.24, 2.45) is 0 Å². The van der Waals surface area contributed by atoms with Gasteiger partial charge < -0.3 is 19.9 Å². The van der Waals surface area contributed by atoms with Gasteiger partial charge in [0.2, 0.25) is 5.78 Å². The first-order valence-corrected chi connectivity index (χ1v) is 11.1. The summed E-state index contributed by atoms with van der Waals surface area (Å²) in [6, 6.07) is 11.3. The Bertz CT molecular complexity index is 1400. The molecule has 2 aromatic carbocycles. The Kier molecular flexibility index (Phi) is 6.47. The van der Waals surface area contributed by atoms with Crippen LogP contribution in [0.5, 0.6) is 17.2 Å². The number of ether oxygens (including phenoxy) is 2. The summed E-state index contributed by atoms with van der Waals surface area (Å²) in [6.07, 6.45) is 0. The zero-order chi connectivity index (χ0) is 24.4. The molecule has 0 aliphatic heterocycles. The Morgan fingerprint density at radius 3 is 2.59 bits per heavy atom. The van der Waals surface area contributed by atoms with E-state index in [-0.39, 0.29) is 22.8 Å². The molecule has 0 bridgehead atoms. The molecule has 174 valence electrons. The maximum atomic E-state index is 14.1. The minimum Gasteiger partial charge on any atom is -0.506 e. The third-order valence-electron chi connectivity index (χ3n) is 5.32. The molecule has 0 aliphatic carbocycles. The van der Waals surface area contributed by atoms with E-state index < -0.39 is 17.7 Å². The number of pyridine rings is 1. The number of benzene rings is 2. The topological polar surface area (TPSA) is 97.8 Å². The van der Waals surface area contributed by atoms with E-state index in [4.69, 9.17) is 9.47 Å². The monoisotopic (exact) mass is 480 g/mol. The van der Waals surface area contributed by atoms with Gasteiger partial charge in [-0.15, -0.1) is 11.3 Å². The van der Waals surface area contributed by atoms with Crippen LogP contribution >= 0.6 is 11.3 Å². The molecule has 2 heterocycles. The number of ketones is 1. The fourth-order valence-corrected chi connectivity index (χ4v) is 4.50. The molecule has 34 heavy (non-hydrogen) atoms. The van der Waals surface area contributed by atoms with E-state index in [2.05, 4.69) is 10.3 Å². The van der Waals surface area contributed by atoms with Crippen LogP contribution in [0.15, 0.2) is 53.9 Å². The number of carbonyl (C=O) groups is 2. The number of methoxy groups -OCH3 is 2. The smallest absolute Gasteiger partial charge is 0.252 e. The van der Waals surface area contributed by atoms with E-state index in [0.717, 1.165) is 0 Å². The van der Waals surface area contributed by atoms with Crippen molar-refractivity contribution in [3.63, 3.8) is 0 Å². The molecule has 0 spiro atoms. The van der Waals surface area contributed by atoms with E-state index in [9.17, 15) is 19.1 Å². The van der Waals surface area contributed by atoms with Crippen molar-refractivity contribution in [1.82, 2.24) is 10.3 Å². The Morgan fingerprint density at radius 1 is 1.09 bits per heavy atom. The van der Waals surface area contributed by atoms with Crippen molar-refractivity contribution in [3.05, 3.63) is 71.0 Å². The molecule has 7 nitrogen and oxygen atoms in total. The number of rotatable bonds is 7. The fourth-order valence-electron chi connectivity index (χ4n) is 3.53. The zero-order valence-corrected chi connectivity index (χ0v) is 19.4. The Hall–Kier alpha value is -3.98. The molecule has 1 atom stereocenters. The van der Waals surface area contributed by atoms with Gasteiger partial charge in [-0.2, -0.15) is 0 Å². The lowest BCUT2D eigenvalue weighted by molar-refractivity contribution is 0.0861.